The predicted molar refractivity (Wildman–Crippen MR) is 108 cm³/mol. The van der Waals surface area contributed by atoms with Crippen molar-refractivity contribution in [3.63, 3.8) is 0 Å². The van der Waals surface area contributed by atoms with Crippen molar-refractivity contribution in [3.05, 3.63) is 59.4 Å². The van der Waals surface area contributed by atoms with Gasteiger partial charge in [-0.15, -0.1) is 0 Å². The van der Waals surface area contributed by atoms with Crippen LogP contribution in [0, 0.1) is 0 Å². The van der Waals surface area contributed by atoms with Gasteiger partial charge in [0.2, 0.25) is 5.95 Å². The number of hydrogen-bond acceptors (Lipinski definition) is 5. The summed E-state index contributed by atoms with van der Waals surface area (Å²) < 4.78 is 40.3. The summed E-state index contributed by atoms with van der Waals surface area (Å²) in [6.07, 6.45) is -0.493. The molecular formula is C20H19ClF3N5. The second-order valence-corrected chi connectivity index (χ2v) is 6.85. The fourth-order valence-corrected chi connectivity index (χ4v) is 2.80. The number of anilines is 3. The number of alkyl halides is 3. The fraction of sp³-hybridized carbons (Fsp3) is 0.250. The summed E-state index contributed by atoms with van der Waals surface area (Å²) in [6.45, 7) is 3.96. The molecule has 0 aliphatic carbocycles. The van der Waals surface area contributed by atoms with Crippen molar-refractivity contribution in [1.82, 2.24) is 15.0 Å². The smallest absolute Gasteiger partial charge is 0.352 e. The quantitative estimate of drug-likeness (QED) is 0.498. The molecule has 1 aromatic carbocycles. The minimum absolute atomic E-state index is 0.0576. The molecule has 0 saturated heterocycles. The number of nitrogens with zero attached hydrogens (tertiary/aromatic N) is 3. The van der Waals surface area contributed by atoms with E-state index in [1.165, 1.54) is 12.1 Å². The highest BCUT2D eigenvalue weighted by Crippen LogP contribution is 2.40. The molecule has 0 aliphatic heterocycles. The monoisotopic (exact) mass is 421 g/mol. The van der Waals surface area contributed by atoms with Crippen LogP contribution in [0.2, 0.25) is 5.02 Å². The molecule has 0 amide bonds. The van der Waals surface area contributed by atoms with Gasteiger partial charge in [0.05, 0.1) is 22.0 Å². The molecule has 5 nitrogen and oxygen atoms in total. The molecule has 2 heterocycles. The minimum atomic E-state index is -4.57. The van der Waals surface area contributed by atoms with E-state index >= 15 is 0 Å². The lowest BCUT2D eigenvalue weighted by Crippen LogP contribution is -2.16. The first kappa shape index (κ1) is 20.9. The van der Waals surface area contributed by atoms with Gasteiger partial charge in [0.15, 0.2) is 0 Å². The molecule has 3 aromatic rings. The van der Waals surface area contributed by atoms with E-state index in [2.05, 4.69) is 25.6 Å². The summed E-state index contributed by atoms with van der Waals surface area (Å²) >= 11 is 6.06. The maximum absolute atomic E-state index is 13.4. The number of aromatic nitrogens is 3. The van der Waals surface area contributed by atoms with Crippen LogP contribution in [0.4, 0.5) is 30.6 Å². The molecule has 1 atom stereocenters. The zero-order valence-corrected chi connectivity index (χ0v) is 16.5. The highest BCUT2D eigenvalue weighted by atomic mass is 35.5. The molecule has 0 unspecified atom stereocenters. The van der Waals surface area contributed by atoms with Crippen molar-refractivity contribution >= 4 is 29.1 Å². The van der Waals surface area contributed by atoms with E-state index in [4.69, 9.17) is 11.6 Å². The standard InChI is InChI=1S/C20H19ClF3N5/c1-3-12(2)26-19-27-16(13-6-5-9-25-11-13)10-17(29-19)28-18-14(20(22,23)24)7-4-8-15(18)21/h4-12H,3H2,1-2H3,(H2,26,27,28,29)/t12-/m1/s1. The van der Waals surface area contributed by atoms with E-state index in [0.717, 1.165) is 12.5 Å². The van der Waals surface area contributed by atoms with E-state index in [1.807, 2.05) is 19.9 Å². The third-order valence-electron chi connectivity index (χ3n) is 4.24. The Morgan fingerprint density at radius 3 is 2.59 bits per heavy atom. The summed E-state index contributed by atoms with van der Waals surface area (Å²) in [7, 11) is 0. The molecule has 0 bridgehead atoms. The van der Waals surface area contributed by atoms with Crippen LogP contribution in [-0.4, -0.2) is 21.0 Å². The number of nitrogens with one attached hydrogen (secondary N) is 2. The van der Waals surface area contributed by atoms with Crippen LogP contribution < -0.4 is 10.6 Å². The molecule has 152 valence electrons. The number of pyridine rings is 1. The first-order valence-corrected chi connectivity index (χ1v) is 9.34. The molecule has 9 heteroatoms. The Hall–Kier alpha value is -2.87. The van der Waals surface area contributed by atoms with Crippen LogP contribution in [0.15, 0.2) is 48.8 Å². The fourth-order valence-electron chi connectivity index (χ4n) is 2.58. The number of para-hydroxylation sites is 1. The highest BCUT2D eigenvalue weighted by Gasteiger charge is 2.34. The van der Waals surface area contributed by atoms with Gasteiger partial charge in [-0.3, -0.25) is 4.98 Å². The van der Waals surface area contributed by atoms with Crippen molar-refractivity contribution in [2.75, 3.05) is 10.6 Å². The van der Waals surface area contributed by atoms with Crippen LogP contribution in [0.5, 0.6) is 0 Å². The lowest BCUT2D eigenvalue weighted by molar-refractivity contribution is -0.136. The van der Waals surface area contributed by atoms with Crippen LogP contribution in [0.1, 0.15) is 25.8 Å². The summed E-state index contributed by atoms with van der Waals surface area (Å²) in [5.74, 6) is 0.479. The van der Waals surface area contributed by atoms with Gasteiger partial charge in [0.25, 0.3) is 0 Å². The first-order valence-electron chi connectivity index (χ1n) is 8.96. The van der Waals surface area contributed by atoms with Crippen molar-refractivity contribution in [1.29, 1.82) is 0 Å². The Kier molecular flexibility index (Phi) is 6.22. The first-order chi connectivity index (χ1) is 13.8. The average molecular weight is 422 g/mol. The Morgan fingerprint density at radius 1 is 1.14 bits per heavy atom. The van der Waals surface area contributed by atoms with E-state index in [1.54, 1.807) is 24.5 Å². The second kappa shape index (κ2) is 8.65. The summed E-state index contributed by atoms with van der Waals surface area (Å²) in [4.78, 5) is 12.9. The summed E-state index contributed by atoms with van der Waals surface area (Å²) in [6, 6.07) is 8.81. The maximum Gasteiger partial charge on any atom is 0.418 e. The summed E-state index contributed by atoms with van der Waals surface area (Å²) in [5, 5.41) is 5.82. The molecule has 3 rings (SSSR count). The molecule has 29 heavy (non-hydrogen) atoms. The average Bonchev–Trinajstić information content (AvgIpc) is 2.69. The van der Waals surface area contributed by atoms with Crippen molar-refractivity contribution < 1.29 is 13.2 Å². The molecular weight excluding hydrogens is 403 g/mol. The zero-order chi connectivity index (χ0) is 21.0. The van der Waals surface area contributed by atoms with Gasteiger partial charge in [0, 0.05) is 30.1 Å². The Balaban J connectivity index is 2.07. The number of benzene rings is 1. The van der Waals surface area contributed by atoms with E-state index in [9.17, 15) is 13.2 Å². The van der Waals surface area contributed by atoms with Gasteiger partial charge in [-0.05, 0) is 37.6 Å². The Labute approximate surface area is 171 Å². The molecule has 0 saturated carbocycles. The maximum atomic E-state index is 13.4. The Morgan fingerprint density at radius 2 is 1.93 bits per heavy atom. The molecule has 0 aliphatic rings. The van der Waals surface area contributed by atoms with Crippen molar-refractivity contribution in [3.8, 4) is 11.3 Å². The van der Waals surface area contributed by atoms with Gasteiger partial charge in [-0.2, -0.15) is 18.2 Å². The van der Waals surface area contributed by atoms with Gasteiger partial charge >= 0.3 is 6.18 Å². The van der Waals surface area contributed by atoms with Crippen LogP contribution >= 0.6 is 11.6 Å². The molecule has 0 radical (unpaired) electrons. The van der Waals surface area contributed by atoms with E-state index < -0.39 is 11.7 Å². The van der Waals surface area contributed by atoms with Crippen LogP contribution in [-0.2, 0) is 6.18 Å². The van der Waals surface area contributed by atoms with E-state index in [-0.39, 0.29) is 22.6 Å². The normalized spacial score (nSPS) is 12.5. The molecule has 2 aromatic heterocycles. The zero-order valence-electron chi connectivity index (χ0n) is 15.8. The predicted octanol–water partition coefficient (Wildman–Crippen LogP) is 6.16. The molecule has 2 N–H and O–H groups in total. The second-order valence-electron chi connectivity index (χ2n) is 6.44. The van der Waals surface area contributed by atoms with Crippen molar-refractivity contribution in [2.24, 2.45) is 0 Å². The van der Waals surface area contributed by atoms with Crippen LogP contribution in [0.3, 0.4) is 0 Å². The topological polar surface area (TPSA) is 62.7 Å². The van der Waals surface area contributed by atoms with Crippen LogP contribution in [0.25, 0.3) is 11.3 Å². The van der Waals surface area contributed by atoms with Gasteiger partial charge < -0.3 is 10.6 Å². The SMILES string of the molecule is CC[C@@H](C)Nc1nc(Nc2c(Cl)cccc2C(F)(F)F)cc(-c2cccnc2)n1. The number of hydrogen-bond donors (Lipinski definition) is 2. The summed E-state index contributed by atoms with van der Waals surface area (Å²) in [5.41, 5.74) is 0.0948. The van der Waals surface area contributed by atoms with E-state index in [0.29, 0.717) is 17.2 Å². The Bertz CT molecular complexity index is 980. The van der Waals surface area contributed by atoms with Crippen molar-refractivity contribution in [2.45, 2.75) is 32.5 Å². The van der Waals surface area contributed by atoms with Gasteiger partial charge in [-0.1, -0.05) is 24.6 Å². The largest absolute Gasteiger partial charge is 0.418 e. The third-order valence-corrected chi connectivity index (χ3v) is 4.56. The lowest BCUT2D eigenvalue weighted by Gasteiger charge is -2.17. The van der Waals surface area contributed by atoms with Gasteiger partial charge in [0.1, 0.15) is 5.82 Å². The lowest BCUT2D eigenvalue weighted by atomic mass is 10.1. The minimum Gasteiger partial charge on any atom is -0.352 e. The molecule has 0 fully saturated rings. The van der Waals surface area contributed by atoms with Gasteiger partial charge in [-0.25, -0.2) is 4.98 Å². The third kappa shape index (κ3) is 5.14. The number of rotatable bonds is 6. The molecule has 0 spiro atoms. The highest BCUT2D eigenvalue weighted by molar-refractivity contribution is 6.33. The number of halogens is 4.